The van der Waals surface area contributed by atoms with Crippen LogP contribution in [0.2, 0.25) is 0 Å². The van der Waals surface area contributed by atoms with Crippen LogP contribution in [0.3, 0.4) is 0 Å². The minimum absolute atomic E-state index is 0.00534. The van der Waals surface area contributed by atoms with Crippen molar-refractivity contribution in [3.05, 3.63) is 59.8 Å². The minimum Gasteiger partial charge on any atom is -0.354 e. The first-order valence-corrected chi connectivity index (χ1v) is 9.06. The Kier molecular flexibility index (Phi) is 4.65. The SMILES string of the molecule is O=C(NC1CC1)c1ccc(N2CCN(Cc3ccccc3)CC2)nc1. The number of pyridine rings is 1. The van der Waals surface area contributed by atoms with Gasteiger partial charge in [0.1, 0.15) is 5.82 Å². The molecule has 1 amide bonds. The predicted octanol–water partition coefficient (Wildman–Crippen LogP) is 2.30. The summed E-state index contributed by atoms with van der Waals surface area (Å²) in [5, 5.41) is 3.00. The van der Waals surface area contributed by atoms with Crippen molar-refractivity contribution in [1.29, 1.82) is 0 Å². The highest BCUT2D eigenvalue weighted by Gasteiger charge is 2.24. The number of carbonyl (C=O) groups is 1. The number of benzene rings is 1. The summed E-state index contributed by atoms with van der Waals surface area (Å²) in [4.78, 5) is 21.3. The van der Waals surface area contributed by atoms with E-state index in [1.54, 1.807) is 6.20 Å². The van der Waals surface area contributed by atoms with Crippen molar-refractivity contribution >= 4 is 11.7 Å². The van der Waals surface area contributed by atoms with Crippen molar-refractivity contribution in [3.63, 3.8) is 0 Å². The molecule has 1 saturated carbocycles. The van der Waals surface area contributed by atoms with Gasteiger partial charge in [-0.15, -0.1) is 0 Å². The number of nitrogens with one attached hydrogen (secondary N) is 1. The van der Waals surface area contributed by atoms with E-state index < -0.39 is 0 Å². The van der Waals surface area contributed by atoms with Crippen molar-refractivity contribution in [2.75, 3.05) is 31.1 Å². The summed E-state index contributed by atoms with van der Waals surface area (Å²) in [6.45, 7) is 4.99. The molecule has 2 fully saturated rings. The van der Waals surface area contributed by atoms with E-state index >= 15 is 0 Å². The second-order valence-corrected chi connectivity index (χ2v) is 6.90. The van der Waals surface area contributed by atoms with Crippen molar-refractivity contribution in [2.24, 2.45) is 0 Å². The molecule has 0 radical (unpaired) electrons. The lowest BCUT2D eigenvalue weighted by Crippen LogP contribution is -2.46. The summed E-state index contributed by atoms with van der Waals surface area (Å²) in [5.41, 5.74) is 2.01. The normalized spacial score (nSPS) is 18.2. The Morgan fingerprint density at radius 2 is 1.80 bits per heavy atom. The van der Waals surface area contributed by atoms with E-state index in [0.717, 1.165) is 51.4 Å². The Morgan fingerprint density at radius 3 is 2.44 bits per heavy atom. The molecule has 0 bridgehead atoms. The lowest BCUT2D eigenvalue weighted by Gasteiger charge is -2.35. The third-order valence-corrected chi connectivity index (χ3v) is 4.87. The second-order valence-electron chi connectivity index (χ2n) is 6.90. The van der Waals surface area contributed by atoms with Gasteiger partial charge in [-0.05, 0) is 30.5 Å². The number of anilines is 1. The maximum atomic E-state index is 12.0. The molecule has 5 heteroatoms. The molecule has 2 aliphatic rings. The van der Waals surface area contributed by atoms with Gasteiger partial charge in [0.25, 0.3) is 5.91 Å². The molecule has 4 rings (SSSR count). The van der Waals surface area contributed by atoms with E-state index in [0.29, 0.717) is 11.6 Å². The highest BCUT2D eigenvalue weighted by molar-refractivity contribution is 5.94. The molecule has 1 aliphatic carbocycles. The highest BCUT2D eigenvalue weighted by atomic mass is 16.1. The molecular weight excluding hydrogens is 312 g/mol. The molecule has 0 atom stereocenters. The summed E-state index contributed by atoms with van der Waals surface area (Å²) >= 11 is 0. The average Bonchev–Trinajstić information content (AvgIpc) is 3.47. The van der Waals surface area contributed by atoms with Crippen LogP contribution in [0.5, 0.6) is 0 Å². The fourth-order valence-corrected chi connectivity index (χ4v) is 3.18. The van der Waals surface area contributed by atoms with Crippen LogP contribution in [0, 0.1) is 0 Å². The van der Waals surface area contributed by atoms with Gasteiger partial charge in [-0.25, -0.2) is 4.98 Å². The Hall–Kier alpha value is -2.40. The molecule has 0 spiro atoms. The number of hydrogen-bond acceptors (Lipinski definition) is 4. The van der Waals surface area contributed by atoms with Gasteiger partial charge in [-0.2, -0.15) is 0 Å². The van der Waals surface area contributed by atoms with E-state index in [-0.39, 0.29) is 5.91 Å². The van der Waals surface area contributed by atoms with Gasteiger partial charge in [0.15, 0.2) is 0 Å². The van der Waals surface area contributed by atoms with Gasteiger partial charge >= 0.3 is 0 Å². The first-order chi connectivity index (χ1) is 12.3. The maximum Gasteiger partial charge on any atom is 0.253 e. The topological polar surface area (TPSA) is 48.5 Å². The lowest BCUT2D eigenvalue weighted by molar-refractivity contribution is 0.0950. The Morgan fingerprint density at radius 1 is 1.04 bits per heavy atom. The van der Waals surface area contributed by atoms with Crippen LogP contribution in [0.1, 0.15) is 28.8 Å². The Labute approximate surface area is 148 Å². The molecule has 1 N–H and O–H groups in total. The first kappa shape index (κ1) is 16.1. The Balaban J connectivity index is 1.30. The lowest BCUT2D eigenvalue weighted by atomic mass is 10.2. The summed E-state index contributed by atoms with van der Waals surface area (Å²) in [6, 6.07) is 14.8. The molecule has 2 aromatic rings. The summed E-state index contributed by atoms with van der Waals surface area (Å²) in [7, 11) is 0. The van der Waals surface area contributed by atoms with Crippen LogP contribution in [0.15, 0.2) is 48.7 Å². The third kappa shape index (κ3) is 4.17. The van der Waals surface area contributed by atoms with Crippen molar-refractivity contribution in [1.82, 2.24) is 15.2 Å². The van der Waals surface area contributed by atoms with Gasteiger partial charge in [0.2, 0.25) is 0 Å². The Bertz CT molecular complexity index is 704. The molecule has 5 nitrogen and oxygen atoms in total. The van der Waals surface area contributed by atoms with Crippen molar-refractivity contribution in [2.45, 2.75) is 25.4 Å². The number of aromatic nitrogens is 1. The average molecular weight is 336 g/mol. The zero-order valence-electron chi connectivity index (χ0n) is 14.4. The van der Waals surface area contributed by atoms with E-state index in [1.165, 1.54) is 5.56 Å². The minimum atomic E-state index is -0.00534. The molecular formula is C20H24N4O. The van der Waals surface area contributed by atoms with Gasteiger partial charge in [-0.3, -0.25) is 9.69 Å². The molecule has 1 aromatic heterocycles. The quantitative estimate of drug-likeness (QED) is 0.910. The second kappa shape index (κ2) is 7.23. The van der Waals surface area contributed by atoms with Crippen LogP contribution in [-0.2, 0) is 6.54 Å². The smallest absolute Gasteiger partial charge is 0.253 e. The zero-order chi connectivity index (χ0) is 17.1. The maximum absolute atomic E-state index is 12.0. The van der Waals surface area contributed by atoms with Crippen LogP contribution < -0.4 is 10.2 Å². The van der Waals surface area contributed by atoms with E-state index in [1.807, 2.05) is 12.1 Å². The number of amides is 1. The van der Waals surface area contributed by atoms with Crippen LogP contribution >= 0.6 is 0 Å². The molecule has 130 valence electrons. The predicted molar refractivity (Wildman–Crippen MR) is 98.7 cm³/mol. The molecule has 25 heavy (non-hydrogen) atoms. The van der Waals surface area contributed by atoms with Gasteiger partial charge in [0.05, 0.1) is 5.56 Å². The number of nitrogens with zero attached hydrogens (tertiary/aromatic N) is 3. The fourth-order valence-electron chi connectivity index (χ4n) is 3.18. The summed E-state index contributed by atoms with van der Waals surface area (Å²) in [5.74, 6) is 0.955. The molecule has 1 saturated heterocycles. The summed E-state index contributed by atoms with van der Waals surface area (Å²) in [6.07, 6.45) is 3.90. The molecule has 1 aromatic carbocycles. The van der Waals surface area contributed by atoms with Crippen LogP contribution in [-0.4, -0.2) is 48.0 Å². The van der Waals surface area contributed by atoms with Gasteiger partial charge in [-0.1, -0.05) is 30.3 Å². The summed E-state index contributed by atoms with van der Waals surface area (Å²) < 4.78 is 0. The number of hydrogen-bond donors (Lipinski definition) is 1. The van der Waals surface area contributed by atoms with Crippen molar-refractivity contribution in [3.8, 4) is 0 Å². The third-order valence-electron chi connectivity index (χ3n) is 4.87. The molecule has 0 unspecified atom stereocenters. The molecule has 1 aliphatic heterocycles. The van der Waals surface area contributed by atoms with E-state index in [9.17, 15) is 4.79 Å². The highest BCUT2D eigenvalue weighted by Crippen LogP contribution is 2.20. The van der Waals surface area contributed by atoms with Crippen LogP contribution in [0.4, 0.5) is 5.82 Å². The number of carbonyl (C=O) groups excluding carboxylic acids is 1. The zero-order valence-corrected chi connectivity index (χ0v) is 14.4. The van der Waals surface area contributed by atoms with Crippen LogP contribution in [0.25, 0.3) is 0 Å². The van der Waals surface area contributed by atoms with Gasteiger partial charge < -0.3 is 10.2 Å². The standard InChI is InChI=1S/C20H24N4O/c25-20(22-18-7-8-18)17-6-9-19(21-14-17)24-12-10-23(11-13-24)15-16-4-2-1-3-5-16/h1-6,9,14,18H,7-8,10-13,15H2,(H,22,25). The number of rotatable bonds is 5. The number of piperazine rings is 1. The van der Waals surface area contributed by atoms with E-state index in [2.05, 4.69) is 50.4 Å². The van der Waals surface area contributed by atoms with E-state index in [4.69, 9.17) is 0 Å². The monoisotopic (exact) mass is 336 g/mol. The first-order valence-electron chi connectivity index (χ1n) is 9.06. The van der Waals surface area contributed by atoms with Gasteiger partial charge in [0, 0.05) is 45.0 Å². The fraction of sp³-hybridized carbons (Fsp3) is 0.400. The van der Waals surface area contributed by atoms with Crippen molar-refractivity contribution < 1.29 is 4.79 Å². The largest absolute Gasteiger partial charge is 0.354 e. The molecule has 2 heterocycles.